The summed E-state index contributed by atoms with van der Waals surface area (Å²) in [6.07, 6.45) is 0.824. The molecule has 1 aliphatic rings. The molecule has 0 saturated heterocycles. The van der Waals surface area contributed by atoms with Gasteiger partial charge in [-0.2, -0.15) is 0 Å². The largest absolute Gasteiger partial charge is 0.493 e. The summed E-state index contributed by atoms with van der Waals surface area (Å²) in [5, 5.41) is 0. The number of hydrogen-bond acceptors (Lipinski definition) is 5. The van der Waals surface area contributed by atoms with E-state index in [2.05, 4.69) is 0 Å². The van der Waals surface area contributed by atoms with Crippen LogP contribution in [0.5, 0.6) is 17.2 Å². The Hall–Kier alpha value is -1.46. The van der Waals surface area contributed by atoms with Crippen LogP contribution in [0.4, 0.5) is 0 Å². The highest BCUT2D eigenvalue weighted by atomic mass is 16.7. The maximum atomic E-state index is 5.81. The minimum absolute atomic E-state index is 0.279. The standard InChI is InChI=1S/C14H21NO4/c1-14(2,15)9-16-6-3-7-17-11-4-5-12-13(8-11)19-10-18-12/h4-5,8H,3,6-7,9-10,15H2,1-2H3. The summed E-state index contributed by atoms with van der Waals surface area (Å²) in [5.74, 6) is 2.28. The maximum absolute atomic E-state index is 5.81. The molecule has 19 heavy (non-hydrogen) atoms. The smallest absolute Gasteiger partial charge is 0.231 e. The number of benzene rings is 1. The van der Waals surface area contributed by atoms with Crippen LogP contribution in [0.25, 0.3) is 0 Å². The number of ether oxygens (including phenoxy) is 4. The second-order valence-corrected chi connectivity index (χ2v) is 5.26. The van der Waals surface area contributed by atoms with Gasteiger partial charge in [0, 0.05) is 24.6 Å². The molecule has 0 atom stereocenters. The molecule has 0 unspecified atom stereocenters. The molecular formula is C14H21NO4. The van der Waals surface area contributed by atoms with Crippen LogP contribution in [0.3, 0.4) is 0 Å². The van der Waals surface area contributed by atoms with E-state index < -0.39 is 0 Å². The fourth-order valence-corrected chi connectivity index (χ4v) is 1.65. The lowest BCUT2D eigenvalue weighted by molar-refractivity contribution is 0.0870. The van der Waals surface area contributed by atoms with Crippen LogP contribution >= 0.6 is 0 Å². The Morgan fingerprint density at radius 3 is 2.79 bits per heavy atom. The lowest BCUT2D eigenvalue weighted by Crippen LogP contribution is -2.37. The third-order valence-electron chi connectivity index (χ3n) is 2.52. The number of hydrogen-bond donors (Lipinski definition) is 1. The van der Waals surface area contributed by atoms with Gasteiger partial charge in [-0.05, 0) is 26.0 Å². The van der Waals surface area contributed by atoms with Gasteiger partial charge >= 0.3 is 0 Å². The van der Waals surface area contributed by atoms with Crippen molar-refractivity contribution in [2.24, 2.45) is 5.73 Å². The van der Waals surface area contributed by atoms with Crippen molar-refractivity contribution in [3.05, 3.63) is 18.2 Å². The Morgan fingerprint density at radius 2 is 2.00 bits per heavy atom. The van der Waals surface area contributed by atoms with E-state index in [0.717, 1.165) is 23.7 Å². The van der Waals surface area contributed by atoms with Crippen molar-refractivity contribution in [2.45, 2.75) is 25.8 Å². The van der Waals surface area contributed by atoms with Crippen molar-refractivity contribution in [1.29, 1.82) is 0 Å². The first kappa shape index (κ1) is 14.0. The van der Waals surface area contributed by atoms with Crippen molar-refractivity contribution in [2.75, 3.05) is 26.6 Å². The van der Waals surface area contributed by atoms with Gasteiger partial charge in [-0.1, -0.05) is 0 Å². The number of rotatable bonds is 7. The van der Waals surface area contributed by atoms with Crippen LogP contribution in [-0.4, -0.2) is 32.2 Å². The molecule has 0 saturated carbocycles. The molecule has 1 aromatic carbocycles. The zero-order valence-electron chi connectivity index (χ0n) is 11.5. The minimum Gasteiger partial charge on any atom is -0.493 e. The Bertz CT molecular complexity index is 414. The van der Waals surface area contributed by atoms with Crippen molar-refractivity contribution in [1.82, 2.24) is 0 Å². The highest BCUT2D eigenvalue weighted by Crippen LogP contribution is 2.35. The first-order valence-corrected chi connectivity index (χ1v) is 6.44. The summed E-state index contributed by atoms with van der Waals surface area (Å²) in [4.78, 5) is 0. The fourth-order valence-electron chi connectivity index (χ4n) is 1.65. The average Bonchev–Trinajstić information content (AvgIpc) is 2.79. The quantitative estimate of drug-likeness (QED) is 0.765. The van der Waals surface area contributed by atoms with Gasteiger partial charge in [0.25, 0.3) is 0 Å². The first-order valence-electron chi connectivity index (χ1n) is 6.44. The molecule has 0 aromatic heterocycles. The molecule has 5 nitrogen and oxygen atoms in total. The van der Waals surface area contributed by atoms with E-state index in [9.17, 15) is 0 Å². The fraction of sp³-hybridized carbons (Fsp3) is 0.571. The van der Waals surface area contributed by atoms with E-state index in [1.165, 1.54) is 0 Å². The molecule has 1 aliphatic heterocycles. The van der Waals surface area contributed by atoms with Gasteiger partial charge < -0.3 is 24.7 Å². The van der Waals surface area contributed by atoms with E-state index in [1.54, 1.807) is 0 Å². The van der Waals surface area contributed by atoms with Gasteiger partial charge in [0.2, 0.25) is 6.79 Å². The molecule has 1 heterocycles. The first-order chi connectivity index (χ1) is 9.04. The predicted octanol–water partition coefficient (Wildman–Crippen LogP) is 1.94. The Labute approximate surface area is 113 Å². The van der Waals surface area contributed by atoms with Crippen LogP contribution < -0.4 is 19.9 Å². The van der Waals surface area contributed by atoms with Crippen molar-refractivity contribution >= 4 is 0 Å². The summed E-state index contributed by atoms with van der Waals surface area (Å²) >= 11 is 0. The van der Waals surface area contributed by atoms with Gasteiger partial charge in [0.1, 0.15) is 5.75 Å². The highest BCUT2D eigenvalue weighted by Gasteiger charge is 2.13. The molecule has 0 fully saturated rings. The Morgan fingerprint density at radius 1 is 1.21 bits per heavy atom. The molecule has 2 N–H and O–H groups in total. The molecule has 2 rings (SSSR count). The molecule has 0 bridgehead atoms. The lowest BCUT2D eigenvalue weighted by Gasteiger charge is -2.18. The summed E-state index contributed by atoms with van der Waals surface area (Å²) < 4.78 is 21.6. The summed E-state index contributed by atoms with van der Waals surface area (Å²) in [6, 6.07) is 5.56. The zero-order chi connectivity index (χ0) is 13.7. The van der Waals surface area contributed by atoms with Gasteiger partial charge in [-0.25, -0.2) is 0 Å². The van der Waals surface area contributed by atoms with Crippen LogP contribution in [-0.2, 0) is 4.74 Å². The van der Waals surface area contributed by atoms with Crippen LogP contribution in [0.1, 0.15) is 20.3 Å². The minimum atomic E-state index is -0.280. The molecule has 0 spiro atoms. The molecule has 106 valence electrons. The third-order valence-corrected chi connectivity index (χ3v) is 2.52. The zero-order valence-corrected chi connectivity index (χ0v) is 11.5. The number of nitrogens with two attached hydrogens (primary N) is 1. The molecule has 1 aromatic rings. The number of fused-ring (bicyclic) bond motifs is 1. The van der Waals surface area contributed by atoms with Gasteiger partial charge in [-0.15, -0.1) is 0 Å². The van der Waals surface area contributed by atoms with Gasteiger partial charge in [0.15, 0.2) is 11.5 Å². The van der Waals surface area contributed by atoms with E-state index in [-0.39, 0.29) is 12.3 Å². The second kappa shape index (κ2) is 6.12. The van der Waals surface area contributed by atoms with E-state index in [1.807, 2.05) is 32.0 Å². The van der Waals surface area contributed by atoms with Crippen LogP contribution in [0, 0.1) is 0 Å². The molecular weight excluding hydrogens is 246 g/mol. The highest BCUT2D eigenvalue weighted by molar-refractivity contribution is 5.46. The summed E-state index contributed by atoms with van der Waals surface area (Å²) in [6.45, 7) is 5.96. The topological polar surface area (TPSA) is 62.9 Å². The molecule has 0 radical (unpaired) electrons. The Kier molecular flexibility index (Phi) is 4.50. The van der Waals surface area contributed by atoms with Crippen LogP contribution in [0.2, 0.25) is 0 Å². The van der Waals surface area contributed by atoms with Gasteiger partial charge in [-0.3, -0.25) is 0 Å². The average molecular weight is 267 g/mol. The van der Waals surface area contributed by atoms with Crippen molar-refractivity contribution in [3.8, 4) is 17.2 Å². The molecule has 0 amide bonds. The van der Waals surface area contributed by atoms with Crippen molar-refractivity contribution < 1.29 is 18.9 Å². The van der Waals surface area contributed by atoms with E-state index in [0.29, 0.717) is 19.8 Å². The van der Waals surface area contributed by atoms with Crippen molar-refractivity contribution in [3.63, 3.8) is 0 Å². The third kappa shape index (κ3) is 4.61. The van der Waals surface area contributed by atoms with Crippen LogP contribution in [0.15, 0.2) is 18.2 Å². The second-order valence-electron chi connectivity index (χ2n) is 5.26. The Balaban J connectivity index is 1.63. The summed E-state index contributed by atoms with van der Waals surface area (Å²) in [5.41, 5.74) is 5.53. The maximum Gasteiger partial charge on any atom is 0.231 e. The summed E-state index contributed by atoms with van der Waals surface area (Å²) in [7, 11) is 0. The van der Waals surface area contributed by atoms with E-state index >= 15 is 0 Å². The molecule has 5 heteroatoms. The van der Waals surface area contributed by atoms with Gasteiger partial charge in [0.05, 0.1) is 13.2 Å². The lowest BCUT2D eigenvalue weighted by atomic mass is 10.1. The normalized spacial score (nSPS) is 13.6. The SMILES string of the molecule is CC(C)(N)COCCCOc1ccc2c(c1)OCO2. The monoisotopic (exact) mass is 267 g/mol. The molecule has 0 aliphatic carbocycles. The predicted molar refractivity (Wildman–Crippen MR) is 71.8 cm³/mol. The van der Waals surface area contributed by atoms with E-state index in [4.69, 9.17) is 24.7 Å².